The number of aliphatic hydroxyl groups excluding tert-OH is 1. The predicted molar refractivity (Wildman–Crippen MR) is 119 cm³/mol. The second-order valence-corrected chi connectivity index (χ2v) is 10.6. The minimum Gasteiger partial charge on any atom is -0.456 e. The van der Waals surface area contributed by atoms with Crippen LogP contribution in [-0.2, 0) is 9.84 Å². The molecular weight excluding hydrogens is 535 g/mol. The number of aromatic amines is 1. The van der Waals surface area contributed by atoms with Crippen LogP contribution in [0.5, 0.6) is 11.5 Å². The standard InChI is InChI=1S/C20H15Cl2F2N3O7S/c21-12-4-5-13(14(22)16(12)35(32,33)20(31)7-10(28)8-20)34-11-3-1-2-9(6-11)27-19(30)25-18(29)15(26-27)17(23)24/h1-6,10,17,28,31H,7-8H2,(H,25,29,30). The summed E-state index contributed by atoms with van der Waals surface area (Å²) >= 11 is 12.3. The van der Waals surface area contributed by atoms with Crippen LogP contribution in [0.15, 0.2) is 50.9 Å². The molecule has 15 heteroatoms. The second-order valence-electron chi connectivity index (χ2n) is 7.66. The van der Waals surface area contributed by atoms with E-state index in [0.717, 1.165) is 0 Å². The maximum absolute atomic E-state index is 13.0. The molecule has 1 saturated carbocycles. The average Bonchev–Trinajstić information content (AvgIpc) is 2.74. The van der Waals surface area contributed by atoms with Gasteiger partial charge in [0.25, 0.3) is 12.0 Å². The minimum atomic E-state index is -4.49. The molecule has 1 heterocycles. The Balaban J connectivity index is 1.73. The molecule has 3 aromatic rings. The number of sulfone groups is 1. The van der Waals surface area contributed by atoms with Gasteiger partial charge in [-0.25, -0.2) is 22.0 Å². The number of ether oxygens (including phenoxy) is 1. The van der Waals surface area contributed by atoms with Gasteiger partial charge in [-0.1, -0.05) is 29.3 Å². The molecule has 0 bridgehead atoms. The Morgan fingerprint density at radius 2 is 1.89 bits per heavy atom. The third-order valence-electron chi connectivity index (χ3n) is 5.24. The van der Waals surface area contributed by atoms with Gasteiger partial charge in [0.15, 0.2) is 10.6 Å². The van der Waals surface area contributed by atoms with Gasteiger partial charge in [0.2, 0.25) is 9.84 Å². The van der Waals surface area contributed by atoms with Crippen molar-refractivity contribution in [2.45, 2.75) is 35.2 Å². The maximum Gasteiger partial charge on any atom is 0.349 e. The molecular formula is C20H15Cl2F2N3O7S. The van der Waals surface area contributed by atoms with Crippen LogP contribution in [0.25, 0.3) is 5.69 Å². The summed E-state index contributed by atoms with van der Waals surface area (Å²) in [6.45, 7) is 0. The van der Waals surface area contributed by atoms with Gasteiger partial charge in [-0.15, -0.1) is 0 Å². The summed E-state index contributed by atoms with van der Waals surface area (Å²) in [5.74, 6) is -0.198. The highest BCUT2D eigenvalue weighted by Gasteiger charge is 2.54. The number of hydrogen-bond acceptors (Lipinski definition) is 8. The van der Waals surface area contributed by atoms with Crippen LogP contribution in [0.2, 0.25) is 10.0 Å². The Morgan fingerprint density at radius 3 is 2.51 bits per heavy atom. The number of aromatic nitrogens is 3. The third-order valence-corrected chi connectivity index (χ3v) is 8.45. The van der Waals surface area contributed by atoms with E-state index in [4.69, 9.17) is 27.9 Å². The van der Waals surface area contributed by atoms with Crippen molar-refractivity contribution in [3.8, 4) is 17.2 Å². The molecule has 1 aliphatic rings. The summed E-state index contributed by atoms with van der Waals surface area (Å²) in [5.41, 5.74) is -3.62. The lowest BCUT2D eigenvalue weighted by Crippen LogP contribution is -2.53. The van der Waals surface area contributed by atoms with E-state index in [-0.39, 0.29) is 22.2 Å². The van der Waals surface area contributed by atoms with Gasteiger partial charge in [0.1, 0.15) is 21.4 Å². The molecule has 4 rings (SSSR count). The smallest absolute Gasteiger partial charge is 0.349 e. The molecule has 186 valence electrons. The van der Waals surface area contributed by atoms with Gasteiger partial charge in [-0.3, -0.25) is 9.78 Å². The Kier molecular flexibility index (Phi) is 6.49. The molecule has 0 radical (unpaired) electrons. The van der Waals surface area contributed by atoms with Gasteiger partial charge >= 0.3 is 5.69 Å². The second kappa shape index (κ2) is 8.99. The zero-order valence-corrected chi connectivity index (χ0v) is 19.6. The Labute approximate surface area is 205 Å². The van der Waals surface area contributed by atoms with Crippen LogP contribution in [0.1, 0.15) is 25.0 Å². The van der Waals surface area contributed by atoms with Crippen molar-refractivity contribution in [1.29, 1.82) is 0 Å². The number of nitrogens with one attached hydrogen (secondary N) is 1. The van der Waals surface area contributed by atoms with Crippen LogP contribution < -0.4 is 16.0 Å². The summed E-state index contributed by atoms with van der Waals surface area (Å²) in [5, 5.41) is 22.6. The lowest BCUT2D eigenvalue weighted by molar-refractivity contribution is -0.0559. The maximum atomic E-state index is 13.0. The van der Waals surface area contributed by atoms with E-state index < -0.39 is 67.0 Å². The molecule has 0 spiro atoms. The topological polar surface area (TPSA) is 152 Å². The molecule has 0 amide bonds. The van der Waals surface area contributed by atoms with Crippen molar-refractivity contribution < 1.29 is 32.1 Å². The average molecular weight is 550 g/mol. The molecule has 1 aromatic heterocycles. The quantitative estimate of drug-likeness (QED) is 0.424. The first-order valence-electron chi connectivity index (χ1n) is 9.77. The van der Waals surface area contributed by atoms with E-state index in [0.29, 0.717) is 4.68 Å². The first-order valence-corrected chi connectivity index (χ1v) is 12.0. The summed E-state index contributed by atoms with van der Waals surface area (Å²) in [6.07, 6.45) is -5.07. The molecule has 3 N–H and O–H groups in total. The highest BCUT2D eigenvalue weighted by Crippen LogP contribution is 2.47. The number of alkyl halides is 2. The fraction of sp³-hybridized carbons (Fsp3) is 0.250. The van der Waals surface area contributed by atoms with Gasteiger partial charge in [-0.05, 0) is 24.3 Å². The van der Waals surface area contributed by atoms with Crippen molar-refractivity contribution in [3.63, 3.8) is 0 Å². The van der Waals surface area contributed by atoms with Crippen molar-refractivity contribution in [3.05, 3.63) is 73.0 Å². The molecule has 35 heavy (non-hydrogen) atoms. The normalized spacial score (nSPS) is 20.0. The molecule has 2 aromatic carbocycles. The molecule has 1 fully saturated rings. The minimum absolute atomic E-state index is 0.00801. The Hall–Kier alpha value is -2.84. The number of nitrogens with zero attached hydrogens (tertiary/aromatic N) is 2. The third kappa shape index (κ3) is 4.45. The van der Waals surface area contributed by atoms with Crippen LogP contribution in [0.4, 0.5) is 8.78 Å². The molecule has 0 unspecified atom stereocenters. The van der Waals surface area contributed by atoms with Gasteiger partial charge in [-0.2, -0.15) is 9.78 Å². The predicted octanol–water partition coefficient (Wildman–Crippen LogP) is 2.57. The van der Waals surface area contributed by atoms with Crippen molar-refractivity contribution in [1.82, 2.24) is 14.8 Å². The van der Waals surface area contributed by atoms with Crippen LogP contribution >= 0.6 is 23.2 Å². The molecule has 0 aliphatic heterocycles. The first-order chi connectivity index (χ1) is 16.3. The van der Waals surface area contributed by atoms with Crippen molar-refractivity contribution in [2.75, 3.05) is 0 Å². The zero-order chi connectivity index (χ0) is 25.7. The Morgan fingerprint density at radius 1 is 1.20 bits per heavy atom. The largest absolute Gasteiger partial charge is 0.456 e. The van der Waals surface area contributed by atoms with E-state index >= 15 is 0 Å². The number of benzene rings is 2. The number of halogens is 4. The van der Waals surface area contributed by atoms with Crippen LogP contribution in [0.3, 0.4) is 0 Å². The summed E-state index contributed by atoms with van der Waals surface area (Å²) in [7, 11) is -4.49. The van der Waals surface area contributed by atoms with Crippen LogP contribution in [-0.4, -0.2) is 44.4 Å². The fourth-order valence-corrected chi connectivity index (χ4v) is 6.35. The van der Waals surface area contributed by atoms with E-state index in [1.165, 1.54) is 36.4 Å². The van der Waals surface area contributed by atoms with Crippen molar-refractivity contribution in [2.24, 2.45) is 0 Å². The molecule has 0 saturated heterocycles. The number of rotatable bonds is 6. The zero-order valence-electron chi connectivity index (χ0n) is 17.3. The van der Waals surface area contributed by atoms with Crippen LogP contribution in [0, 0.1) is 0 Å². The van der Waals surface area contributed by atoms with Crippen molar-refractivity contribution >= 4 is 33.0 Å². The Bertz CT molecular complexity index is 1540. The SMILES string of the molecule is O=c1[nH]c(=O)n(-c2cccc(Oc3ccc(Cl)c(S(=O)(=O)C4(O)CC(O)C4)c3Cl)c2)nc1C(F)F. The lowest BCUT2D eigenvalue weighted by Gasteiger charge is -2.40. The summed E-state index contributed by atoms with van der Waals surface area (Å²) < 4.78 is 58.2. The summed E-state index contributed by atoms with van der Waals surface area (Å²) in [6, 6.07) is 7.74. The highest BCUT2D eigenvalue weighted by molar-refractivity contribution is 7.93. The molecule has 10 nitrogen and oxygen atoms in total. The first kappa shape index (κ1) is 25.3. The highest BCUT2D eigenvalue weighted by atomic mass is 35.5. The van der Waals surface area contributed by atoms with Gasteiger partial charge < -0.3 is 14.9 Å². The number of aliphatic hydroxyl groups is 2. The van der Waals surface area contributed by atoms with E-state index in [1.807, 2.05) is 0 Å². The van der Waals surface area contributed by atoms with E-state index in [9.17, 15) is 37.0 Å². The lowest BCUT2D eigenvalue weighted by atomic mass is 9.92. The van der Waals surface area contributed by atoms with Gasteiger partial charge in [0.05, 0.1) is 16.8 Å². The number of hydrogen-bond donors (Lipinski definition) is 3. The fourth-order valence-electron chi connectivity index (χ4n) is 3.46. The molecule has 1 aliphatic carbocycles. The monoisotopic (exact) mass is 549 g/mol. The molecule has 0 atom stereocenters. The van der Waals surface area contributed by atoms with E-state index in [1.54, 1.807) is 4.98 Å². The van der Waals surface area contributed by atoms with E-state index in [2.05, 4.69) is 5.10 Å². The van der Waals surface area contributed by atoms with Gasteiger partial charge in [0, 0.05) is 18.9 Å². The summed E-state index contributed by atoms with van der Waals surface area (Å²) in [4.78, 5) is 22.5. The number of H-pyrrole nitrogens is 1.